The minimum Gasteiger partial charge on any atom is -0.505 e. The SMILES string of the molecule is CC(c1ccccc1)c1ccc2cccnc2c1O. The smallest absolute Gasteiger partial charge is 0.145 e. The van der Waals surface area contributed by atoms with E-state index < -0.39 is 0 Å². The predicted molar refractivity (Wildman–Crippen MR) is 77.4 cm³/mol. The molecule has 0 aliphatic heterocycles. The molecule has 19 heavy (non-hydrogen) atoms. The fourth-order valence-electron chi connectivity index (χ4n) is 2.42. The molecule has 0 aliphatic rings. The average molecular weight is 249 g/mol. The van der Waals surface area contributed by atoms with Crippen molar-refractivity contribution in [2.45, 2.75) is 12.8 Å². The standard InChI is InChI=1S/C17H15NO/c1-12(13-6-3-2-4-7-13)15-10-9-14-8-5-11-18-16(14)17(15)19/h2-12,19H,1H3. The molecule has 0 radical (unpaired) electrons. The Morgan fingerprint density at radius 3 is 2.53 bits per heavy atom. The van der Waals surface area contributed by atoms with Crippen molar-refractivity contribution in [1.82, 2.24) is 4.98 Å². The molecule has 1 atom stereocenters. The van der Waals surface area contributed by atoms with Crippen molar-refractivity contribution in [2.24, 2.45) is 0 Å². The van der Waals surface area contributed by atoms with Gasteiger partial charge >= 0.3 is 0 Å². The minimum atomic E-state index is 0.146. The highest BCUT2D eigenvalue weighted by atomic mass is 16.3. The summed E-state index contributed by atoms with van der Waals surface area (Å²) in [5.74, 6) is 0.432. The highest BCUT2D eigenvalue weighted by Crippen LogP contribution is 2.35. The number of benzene rings is 2. The Hall–Kier alpha value is -2.35. The second-order valence-corrected chi connectivity index (χ2v) is 4.71. The number of fused-ring (bicyclic) bond motifs is 1. The molecule has 0 aliphatic carbocycles. The molecule has 1 N–H and O–H groups in total. The Morgan fingerprint density at radius 2 is 1.74 bits per heavy atom. The maximum atomic E-state index is 10.4. The van der Waals surface area contributed by atoms with Crippen LogP contribution < -0.4 is 0 Å². The van der Waals surface area contributed by atoms with E-state index in [1.807, 2.05) is 42.5 Å². The van der Waals surface area contributed by atoms with Crippen LogP contribution in [-0.4, -0.2) is 10.1 Å². The van der Waals surface area contributed by atoms with E-state index >= 15 is 0 Å². The lowest BCUT2D eigenvalue weighted by Gasteiger charge is -2.15. The number of phenolic OH excluding ortho intramolecular Hbond substituents is 1. The largest absolute Gasteiger partial charge is 0.505 e. The molecule has 3 rings (SSSR count). The molecule has 0 fully saturated rings. The Morgan fingerprint density at radius 1 is 0.947 bits per heavy atom. The van der Waals surface area contributed by atoms with Crippen LogP contribution in [0, 0.1) is 0 Å². The van der Waals surface area contributed by atoms with Crippen LogP contribution in [0.15, 0.2) is 60.8 Å². The zero-order valence-corrected chi connectivity index (χ0v) is 10.7. The van der Waals surface area contributed by atoms with Crippen LogP contribution in [0.1, 0.15) is 24.0 Å². The number of pyridine rings is 1. The summed E-state index contributed by atoms with van der Waals surface area (Å²) in [6.07, 6.45) is 1.71. The van der Waals surface area contributed by atoms with Gasteiger partial charge in [0.25, 0.3) is 0 Å². The van der Waals surface area contributed by atoms with Crippen LogP contribution in [0.4, 0.5) is 0 Å². The van der Waals surface area contributed by atoms with Crippen molar-refractivity contribution >= 4 is 10.9 Å². The third-order valence-corrected chi connectivity index (χ3v) is 3.55. The maximum Gasteiger partial charge on any atom is 0.145 e. The molecule has 0 bridgehead atoms. The molecule has 0 spiro atoms. The van der Waals surface area contributed by atoms with Gasteiger partial charge < -0.3 is 5.11 Å². The fourth-order valence-corrected chi connectivity index (χ4v) is 2.42. The van der Waals surface area contributed by atoms with Gasteiger partial charge in [0.1, 0.15) is 11.3 Å². The molecule has 2 heteroatoms. The number of aromatic hydroxyl groups is 1. The lowest BCUT2D eigenvalue weighted by Crippen LogP contribution is -1.97. The van der Waals surface area contributed by atoms with Gasteiger partial charge in [-0.15, -0.1) is 0 Å². The van der Waals surface area contributed by atoms with Gasteiger partial charge in [0.05, 0.1) is 0 Å². The van der Waals surface area contributed by atoms with Crippen LogP contribution >= 0.6 is 0 Å². The second-order valence-electron chi connectivity index (χ2n) is 4.71. The Labute approximate surface area is 112 Å². The number of phenols is 1. The molecular formula is C17H15NO. The number of hydrogen-bond acceptors (Lipinski definition) is 2. The van der Waals surface area contributed by atoms with Crippen molar-refractivity contribution in [1.29, 1.82) is 0 Å². The van der Waals surface area contributed by atoms with E-state index in [1.165, 1.54) is 5.56 Å². The summed E-state index contributed by atoms with van der Waals surface area (Å²) in [4.78, 5) is 4.27. The van der Waals surface area contributed by atoms with Crippen LogP contribution in [-0.2, 0) is 0 Å². The number of hydrogen-bond donors (Lipinski definition) is 1. The maximum absolute atomic E-state index is 10.4. The zero-order valence-electron chi connectivity index (χ0n) is 10.7. The Kier molecular flexibility index (Phi) is 2.92. The molecule has 0 saturated heterocycles. The van der Waals surface area contributed by atoms with E-state index in [9.17, 15) is 5.11 Å². The van der Waals surface area contributed by atoms with Gasteiger partial charge in [0.2, 0.25) is 0 Å². The lowest BCUT2D eigenvalue weighted by molar-refractivity contribution is 0.471. The van der Waals surface area contributed by atoms with Gasteiger partial charge in [-0.1, -0.05) is 55.5 Å². The van der Waals surface area contributed by atoms with E-state index in [-0.39, 0.29) is 11.7 Å². The van der Waals surface area contributed by atoms with Crippen molar-refractivity contribution in [3.63, 3.8) is 0 Å². The first-order valence-electron chi connectivity index (χ1n) is 6.39. The molecule has 0 amide bonds. The quantitative estimate of drug-likeness (QED) is 0.742. The zero-order chi connectivity index (χ0) is 13.2. The van der Waals surface area contributed by atoms with E-state index in [1.54, 1.807) is 6.20 Å². The molecule has 1 unspecified atom stereocenters. The molecule has 1 aromatic heterocycles. The van der Waals surface area contributed by atoms with Crippen LogP contribution in [0.5, 0.6) is 5.75 Å². The topological polar surface area (TPSA) is 33.1 Å². The lowest BCUT2D eigenvalue weighted by atomic mass is 9.91. The Bertz CT molecular complexity index is 707. The molecule has 2 nitrogen and oxygen atoms in total. The van der Waals surface area contributed by atoms with Gasteiger partial charge in [0.15, 0.2) is 0 Å². The minimum absolute atomic E-state index is 0.146. The van der Waals surface area contributed by atoms with E-state index in [4.69, 9.17) is 0 Å². The summed E-state index contributed by atoms with van der Waals surface area (Å²) >= 11 is 0. The third-order valence-electron chi connectivity index (χ3n) is 3.55. The van der Waals surface area contributed by atoms with Crippen LogP contribution in [0.2, 0.25) is 0 Å². The highest BCUT2D eigenvalue weighted by Gasteiger charge is 2.14. The number of rotatable bonds is 2. The van der Waals surface area contributed by atoms with Gasteiger partial charge in [-0.25, -0.2) is 0 Å². The van der Waals surface area contributed by atoms with Gasteiger partial charge in [-0.2, -0.15) is 0 Å². The van der Waals surface area contributed by atoms with Crippen LogP contribution in [0.25, 0.3) is 10.9 Å². The first kappa shape index (κ1) is 11.7. The summed E-state index contributed by atoms with van der Waals surface area (Å²) in [7, 11) is 0. The second kappa shape index (κ2) is 4.73. The molecule has 3 aromatic rings. The molecule has 2 aromatic carbocycles. The number of aromatic nitrogens is 1. The first-order valence-corrected chi connectivity index (χ1v) is 6.39. The van der Waals surface area contributed by atoms with Crippen molar-refractivity contribution in [3.05, 3.63) is 71.9 Å². The summed E-state index contributed by atoms with van der Waals surface area (Å²) < 4.78 is 0. The Balaban J connectivity index is 2.13. The summed E-state index contributed by atoms with van der Waals surface area (Å²) in [6, 6.07) is 18.0. The van der Waals surface area contributed by atoms with Gasteiger partial charge in [-0.05, 0) is 11.6 Å². The van der Waals surface area contributed by atoms with E-state index in [2.05, 4.69) is 24.0 Å². The van der Waals surface area contributed by atoms with Crippen molar-refractivity contribution in [2.75, 3.05) is 0 Å². The van der Waals surface area contributed by atoms with Crippen LogP contribution in [0.3, 0.4) is 0 Å². The normalized spacial score (nSPS) is 12.5. The van der Waals surface area contributed by atoms with E-state index in [0.29, 0.717) is 5.52 Å². The average Bonchev–Trinajstić information content (AvgIpc) is 2.48. The van der Waals surface area contributed by atoms with Gasteiger partial charge in [-0.3, -0.25) is 4.98 Å². The van der Waals surface area contributed by atoms with E-state index in [0.717, 1.165) is 10.9 Å². The third kappa shape index (κ3) is 2.06. The predicted octanol–water partition coefficient (Wildman–Crippen LogP) is 4.09. The monoisotopic (exact) mass is 249 g/mol. The summed E-state index contributed by atoms with van der Waals surface area (Å²) in [5, 5.41) is 11.4. The molecular weight excluding hydrogens is 234 g/mol. The molecule has 0 saturated carbocycles. The van der Waals surface area contributed by atoms with Crippen molar-refractivity contribution in [3.8, 4) is 5.75 Å². The highest BCUT2D eigenvalue weighted by molar-refractivity contribution is 5.85. The number of nitrogens with zero attached hydrogens (tertiary/aromatic N) is 1. The summed E-state index contributed by atoms with van der Waals surface area (Å²) in [6.45, 7) is 2.10. The molecule has 1 heterocycles. The van der Waals surface area contributed by atoms with Crippen molar-refractivity contribution < 1.29 is 5.11 Å². The summed E-state index contributed by atoms with van der Waals surface area (Å²) in [5.41, 5.74) is 2.77. The molecule has 94 valence electrons. The first-order chi connectivity index (χ1) is 9.27. The van der Waals surface area contributed by atoms with Gasteiger partial charge in [0, 0.05) is 23.1 Å². The fraction of sp³-hybridized carbons (Fsp3) is 0.118.